The lowest BCUT2D eigenvalue weighted by Gasteiger charge is -2.35. The molecule has 1 unspecified atom stereocenters. The number of hydrogen-bond donors (Lipinski definition) is 0. The van der Waals surface area contributed by atoms with Crippen LogP contribution in [0.25, 0.3) is 0 Å². The third kappa shape index (κ3) is 2.46. The van der Waals surface area contributed by atoms with Gasteiger partial charge in [0.05, 0.1) is 0 Å². The van der Waals surface area contributed by atoms with Crippen molar-refractivity contribution in [3.63, 3.8) is 0 Å². The number of rotatable bonds is 2. The number of nitrogens with zero attached hydrogens (tertiary/aromatic N) is 2. The second kappa shape index (κ2) is 4.07. The van der Waals surface area contributed by atoms with Crippen LogP contribution in [0.2, 0.25) is 0 Å². The van der Waals surface area contributed by atoms with Gasteiger partial charge in [-0.1, -0.05) is 6.92 Å². The lowest BCUT2D eigenvalue weighted by molar-refractivity contribution is 0.138. The van der Waals surface area contributed by atoms with Gasteiger partial charge in [-0.05, 0) is 40.0 Å². The summed E-state index contributed by atoms with van der Waals surface area (Å²) in [4.78, 5) is 4.88. The van der Waals surface area contributed by atoms with Gasteiger partial charge < -0.3 is 9.80 Å². The second-order valence-electron chi connectivity index (χ2n) is 3.65. The van der Waals surface area contributed by atoms with Crippen molar-refractivity contribution in [2.24, 2.45) is 0 Å². The summed E-state index contributed by atoms with van der Waals surface area (Å²) in [6, 6.07) is 0.795. The maximum absolute atomic E-state index is 2.54. The van der Waals surface area contributed by atoms with Crippen LogP contribution in [0.5, 0.6) is 0 Å². The van der Waals surface area contributed by atoms with Gasteiger partial charge in [-0.15, -0.1) is 0 Å². The van der Waals surface area contributed by atoms with Crippen molar-refractivity contribution in [1.82, 2.24) is 9.80 Å². The van der Waals surface area contributed by atoms with Gasteiger partial charge in [-0.2, -0.15) is 0 Å². The molecule has 11 heavy (non-hydrogen) atoms. The lowest BCUT2D eigenvalue weighted by atomic mass is 10.1. The smallest absolute Gasteiger partial charge is 0.0217 e. The summed E-state index contributed by atoms with van der Waals surface area (Å²) in [5.74, 6) is 0. The van der Waals surface area contributed by atoms with Crippen molar-refractivity contribution in [3.05, 3.63) is 0 Å². The van der Waals surface area contributed by atoms with Crippen molar-refractivity contribution in [2.45, 2.75) is 25.8 Å². The van der Waals surface area contributed by atoms with Gasteiger partial charge in [-0.3, -0.25) is 0 Å². The fourth-order valence-corrected chi connectivity index (χ4v) is 1.74. The Bertz CT molecular complexity index is 112. The maximum atomic E-state index is 2.54. The van der Waals surface area contributed by atoms with E-state index < -0.39 is 0 Å². The third-order valence-electron chi connectivity index (χ3n) is 2.66. The van der Waals surface area contributed by atoms with Crippen LogP contribution in [0.3, 0.4) is 0 Å². The van der Waals surface area contributed by atoms with Gasteiger partial charge in [-0.25, -0.2) is 0 Å². The lowest BCUT2D eigenvalue weighted by Crippen LogP contribution is -2.44. The Balaban J connectivity index is 2.33. The molecule has 0 radical (unpaired) electrons. The molecule has 0 spiro atoms. The minimum Gasteiger partial charge on any atom is -0.305 e. The molecule has 0 aliphatic carbocycles. The zero-order valence-electron chi connectivity index (χ0n) is 8.01. The van der Waals surface area contributed by atoms with E-state index in [1.54, 1.807) is 0 Å². The monoisotopic (exact) mass is 156 g/mol. The van der Waals surface area contributed by atoms with Crippen LogP contribution in [-0.2, 0) is 0 Å². The molecule has 1 aliphatic rings. The first-order valence-corrected chi connectivity index (χ1v) is 4.62. The Kier molecular flexibility index (Phi) is 3.34. The molecule has 0 N–H and O–H groups in total. The SMILES string of the molecule is CCN1CCCC(N(C)C)C1. The fraction of sp³-hybridized carbons (Fsp3) is 1.00. The van der Waals surface area contributed by atoms with Gasteiger partial charge in [0.25, 0.3) is 0 Å². The highest BCUT2D eigenvalue weighted by molar-refractivity contribution is 4.76. The van der Waals surface area contributed by atoms with Crippen molar-refractivity contribution in [1.29, 1.82) is 0 Å². The molecular weight excluding hydrogens is 136 g/mol. The van der Waals surface area contributed by atoms with Crippen LogP contribution in [0.4, 0.5) is 0 Å². The van der Waals surface area contributed by atoms with Crippen LogP contribution in [-0.4, -0.2) is 49.6 Å². The zero-order valence-corrected chi connectivity index (χ0v) is 8.01. The minimum absolute atomic E-state index is 0.795. The number of likely N-dealkylation sites (tertiary alicyclic amines) is 1. The Morgan fingerprint density at radius 2 is 2.18 bits per heavy atom. The van der Waals surface area contributed by atoms with Gasteiger partial charge in [0.1, 0.15) is 0 Å². The molecule has 0 saturated carbocycles. The molecule has 66 valence electrons. The van der Waals surface area contributed by atoms with Crippen LogP contribution < -0.4 is 0 Å². The topological polar surface area (TPSA) is 6.48 Å². The first kappa shape index (κ1) is 9.01. The molecule has 0 aromatic rings. The van der Waals surface area contributed by atoms with Crippen molar-refractivity contribution in [3.8, 4) is 0 Å². The quantitative estimate of drug-likeness (QED) is 0.589. The first-order chi connectivity index (χ1) is 5.24. The number of likely N-dealkylation sites (N-methyl/N-ethyl adjacent to an activating group) is 2. The summed E-state index contributed by atoms with van der Waals surface area (Å²) in [5.41, 5.74) is 0. The normalized spacial score (nSPS) is 27.8. The highest BCUT2D eigenvalue weighted by Crippen LogP contribution is 2.12. The summed E-state index contributed by atoms with van der Waals surface area (Å²) in [5, 5.41) is 0. The van der Waals surface area contributed by atoms with E-state index in [4.69, 9.17) is 0 Å². The Labute approximate surface area is 70.2 Å². The summed E-state index contributed by atoms with van der Waals surface area (Å²) >= 11 is 0. The van der Waals surface area contributed by atoms with E-state index >= 15 is 0 Å². The average Bonchev–Trinajstić information content (AvgIpc) is 2.05. The molecule has 2 heteroatoms. The summed E-state index contributed by atoms with van der Waals surface area (Å²) in [6.45, 7) is 6.03. The van der Waals surface area contributed by atoms with Gasteiger partial charge in [0.2, 0.25) is 0 Å². The highest BCUT2D eigenvalue weighted by Gasteiger charge is 2.19. The summed E-state index contributed by atoms with van der Waals surface area (Å²) < 4.78 is 0. The highest BCUT2D eigenvalue weighted by atomic mass is 15.2. The first-order valence-electron chi connectivity index (χ1n) is 4.62. The molecule has 0 amide bonds. The molecule has 0 aromatic heterocycles. The van der Waals surface area contributed by atoms with E-state index in [1.165, 1.54) is 32.5 Å². The van der Waals surface area contributed by atoms with Crippen LogP contribution in [0.15, 0.2) is 0 Å². The van der Waals surface area contributed by atoms with Crippen LogP contribution >= 0.6 is 0 Å². The third-order valence-corrected chi connectivity index (χ3v) is 2.66. The van der Waals surface area contributed by atoms with E-state index in [9.17, 15) is 0 Å². The van der Waals surface area contributed by atoms with E-state index in [2.05, 4.69) is 30.8 Å². The molecule has 1 fully saturated rings. The molecular formula is C9H20N2. The van der Waals surface area contributed by atoms with Crippen molar-refractivity contribution in [2.75, 3.05) is 33.7 Å². The van der Waals surface area contributed by atoms with Crippen LogP contribution in [0.1, 0.15) is 19.8 Å². The number of piperidine rings is 1. The van der Waals surface area contributed by atoms with Crippen molar-refractivity contribution >= 4 is 0 Å². The van der Waals surface area contributed by atoms with Crippen LogP contribution in [0, 0.1) is 0 Å². The molecule has 1 aliphatic heterocycles. The predicted molar refractivity (Wildman–Crippen MR) is 48.8 cm³/mol. The molecule has 1 rings (SSSR count). The molecule has 2 nitrogen and oxygen atoms in total. The zero-order chi connectivity index (χ0) is 8.27. The molecule has 1 saturated heterocycles. The molecule has 0 bridgehead atoms. The molecule has 1 heterocycles. The number of hydrogen-bond acceptors (Lipinski definition) is 2. The van der Waals surface area contributed by atoms with Gasteiger partial charge >= 0.3 is 0 Å². The largest absolute Gasteiger partial charge is 0.305 e. The van der Waals surface area contributed by atoms with E-state index in [-0.39, 0.29) is 0 Å². The Hall–Kier alpha value is -0.0800. The summed E-state index contributed by atoms with van der Waals surface area (Å²) in [6.07, 6.45) is 2.75. The fourth-order valence-electron chi connectivity index (χ4n) is 1.74. The second-order valence-corrected chi connectivity index (χ2v) is 3.65. The van der Waals surface area contributed by atoms with E-state index in [1.807, 2.05) is 0 Å². The van der Waals surface area contributed by atoms with Gasteiger partial charge in [0, 0.05) is 12.6 Å². The maximum Gasteiger partial charge on any atom is 0.0217 e. The standard InChI is InChI=1S/C9H20N2/c1-4-11-7-5-6-9(8-11)10(2)3/h9H,4-8H2,1-3H3. The van der Waals surface area contributed by atoms with E-state index in [0.29, 0.717) is 0 Å². The van der Waals surface area contributed by atoms with Crippen molar-refractivity contribution < 1.29 is 0 Å². The minimum atomic E-state index is 0.795. The Morgan fingerprint density at radius 3 is 2.73 bits per heavy atom. The molecule has 1 atom stereocenters. The van der Waals surface area contributed by atoms with E-state index in [0.717, 1.165) is 6.04 Å². The summed E-state index contributed by atoms with van der Waals surface area (Å²) in [7, 11) is 4.37. The Morgan fingerprint density at radius 1 is 1.45 bits per heavy atom. The predicted octanol–water partition coefficient (Wildman–Crippen LogP) is 1.03. The average molecular weight is 156 g/mol. The van der Waals surface area contributed by atoms with Gasteiger partial charge in [0.15, 0.2) is 0 Å². The molecule has 0 aromatic carbocycles.